The molecule has 2 heterocycles. The number of aryl methyl sites for hydroxylation is 1. The van der Waals surface area contributed by atoms with E-state index in [1.54, 1.807) is 25.1 Å². The summed E-state index contributed by atoms with van der Waals surface area (Å²) in [6, 6.07) is 9.62. The van der Waals surface area contributed by atoms with Crippen molar-refractivity contribution in [1.82, 2.24) is 20.0 Å². The van der Waals surface area contributed by atoms with E-state index in [2.05, 4.69) is 17.1 Å². The predicted molar refractivity (Wildman–Crippen MR) is 156 cm³/mol. The number of alkyl halides is 2. The molecule has 0 spiro atoms. The minimum Gasteiger partial charge on any atom is -0.490 e. The van der Waals surface area contributed by atoms with E-state index in [0.717, 1.165) is 54.7 Å². The van der Waals surface area contributed by atoms with Crippen molar-refractivity contribution in [2.45, 2.75) is 76.7 Å². The number of hydrogen-bond donors (Lipinski definition) is 0. The summed E-state index contributed by atoms with van der Waals surface area (Å²) in [6.07, 6.45) is 9.10. The highest BCUT2D eigenvalue weighted by atomic mass is 35.5. The molecule has 1 aliphatic carbocycles. The van der Waals surface area contributed by atoms with Crippen LogP contribution in [0, 0.1) is 5.92 Å². The summed E-state index contributed by atoms with van der Waals surface area (Å²) < 4.78 is 35.9. The maximum Gasteiger partial charge on any atom is 0.274 e. The van der Waals surface area contributed by atoms with Gasteiger partial charge in [-0.25, -0.2) is 8.78 Å². The molecular weight excluding hydrogens is 545 g/mol. The molecule has 218 valence electrons. The molecule has 10 heteroatoms. The Labute approximate surface area is 243 Å². The van der Waals surface area contributed by atoms with Crippen LogP contribution in [0.4, 0.5) is 8.78 Å². The predicted octanol–water partition coefficient (Wildman–Crippen LogP) is 6.70. The van der Waals surface area contributed by atoms with Gasteiger partial charge in [-0.2, -0.15) is 5.10 Å². The molecule has 1 saturated carbocycles. The molecule has 2 fully saturated rings. The molecule has 2 aliphatic rings. The van der Waals surface area contributed by atoms with E-state index in [9.17, 15) is 13.6 Å². The molecule has 1 saturated heterocycles. The first-order chi connectivity index (χ1) is 17.8. The number of amides is 1. The van der Waals surface area contributed by atoms with Gasteiger partial charge < -0.3 is 14.5 Å². The number of ether oxygens (including phenoxy) is 1. The Morgan fingerprint density at radius 1 is 1.08 bits per heavy atom. The van der Waals surface area contributed by atoms with Crippen LogP contribution < -0.4 is 4.74 Å². The Kier molecular flexibility index (Phi) is 12.8. The van der Waals surface area contributed by atoms with Crippen LogP contribution in [0.2, 0.25) is 0 Å². The number of unbranched alkanes of at least 4 members (excludes halogenated alkanes) is 1. The van der Waals surface area contributed by atoms with Gasteiger partial charge in [0.1, 0.15) is 5.75 Å². The Balaban J connectivity index is 0.00000267. The second kappa shape index (κ2) is 15.1. The van der Waals surface area contributed by atoms with Crippen molar-refractivity contribution in [2.24, 2.45) is 5.92 Å². The lowest BCUT2D eigenvalue weighted by atomic mass is 9.92. The standard InChI is InChI=1S/C29H40F2N4O2.2ClH/c1-4-5-11-26-25(21-12-14-24(15-13-21)37-23-9-7-6-8-10-23)18-27(33-32-26)28(36)35-17-16-22(19-34(2)3)29(30,31)20-35;;/h12-15,18,22-23H,4-11,16-17,19-20H2,1-3H3;2*1H. The van der Waals surface area contributed by atoms with Crippen molar-refractivity contribution in [3.05, 3.63) is 41.7 Å². The lowest BCUT2D eigenvalue weighted by Crippen LogP contribution is -2.53. The number of hydrogen-bond acceptors (Lipinski definition) is 5. The second-order valence-corrected chi connectivity index (χ2v) is 10.8. The summed E-state index contributed by atoms with van der Waals surface area (Å²) in [4.78, 5) is 16.3. The van der Waals surface area contributed by atoms with Crippen LogP contribution in [0.15, 0.2) is 30.3 Å². The van der Waals surface area contributed by atoms with E-state index in [1.165, 1.54) is 24.2 Å². The molecule has 4 rings (SSSR count). The van der Waals surface area contributed by atoms with E-state index in [1.807, 2.05) is 24.3 Å². The van der Waals surface area contributed by atoms with Crippen molar-refractivity contribution in [2.75, 3.05) is 33.7 Å². The number of carbonyl (C=O) groups is 1. The zero-order valence-electron chi connectivity index (χ0n) is 23.2. The summed E-state index contributed by atoms with van der Waals surface area (Å²) in [7, 11) is 3.58. The summed E-state index contributed by atoms with van der Waals surface area (Å²) >= 11 is 0. The van der Waals surface area contributed by atoms with E-state index in [4.69, 9.17) is 4.74 Å². The normalized spacial score (nSPS) is 19.2. The van der Waals surface area contributed by atoms with E-state index in [0.29, 0.717) is 6.54 Å². The van der Waals surface area contributed by atoms with Crippen molar-refractivity contribution >= 4 is 30.7 Å². The number of rotatable bonds is 9. The van der Waals surface area contributed by atoms with E-state index < -0.39 is 24.3 Å². The van der Waals surface area contributed by atoms with Gasteiger partial charge in [-0.05, 0) is 82.8 Å². The number of benzene rings is 1. The Bertz CT molecular complexity index is 1050. The number of carbonyl (C=O) groups excluding carboxylic acids is 1. The largest absolute Gasteiger partial charge is 0.490 e. The zero-order valence-corrected chi connectivity index (χ0v) is 24.8. The van der Waals surface area contributed by atoms with Gasteiger partial charge in [-0.1, -0.05) is 31.9 Å². The fourth-order valence-corrected chi connectivity index (χ4v) is 5.38. The third-order valence-corrected chi connectivity index (χ3v) is 7.50. The van der Waals surface area contributed by atoms with Crippen molar-refractivity contribution < 1.29 is 18.3 Å². The first-order valence-electron chi connectivity index (χ1n) is 13.7. The maximum absolute atomic E-state index is 14.8. The fourth-order valence-electron chi connectivity index (χ4n) is 5.38. The smallest absolute Gasteiger partial charge is 0.274 e. The van der Waals surface area contributed by atoms with Crippen molar-refractivity contribution in [1.29, 1.82) is 0 Å². The van der Waals surface area contributed by atoms with Crippen LogP contribution in [-0.4, -0.2) is 71.7 Å². The molecule has 6 nitrogen and oxygen atoms in total. The lowest BCUT2D eigenvalue weighted by Gasteiger charge is -2.39. The molecule has 1 aromatic heterocycles. The number of nitrogens with zero attached hydrogens (tertiary/aromatic N) is 4. The van der Waals surface area contributed by atoms with Crippen LogP contribution in [0.25, 0.3) is 11.1 Å². The van der Waals surface area contributed by atoms with E-state index in [-0.39, 0.29) is 49.6 Å². The molecule has 1 aliphatic heterocycles. The molecule has 1 aromatic carbocycles. The van der Waals surface area contributed by atoms with Crippen LogP contribution in [0.5, 0.6) is 5.75 Å². The van der Waals surface area contributed by atoms with Gasteiger partial charge in [0.2, 0.25) is 0 Å². The zero-order chi connectivity index (χ0) is 26.4. The summed E-state index contributed by atoms with van der Waals surface area (Å²) in [6.45, 7) is 2.11. The Hall–Kier alpha value is -2.03. The van der Waals surface area contributed by atoms with Crippen molar-refractivity contribution in [3.8, 4) is 16.9 Å². The summed E-state index contributed by atoms with van der Waals surface area (Å²) in [5.41, 5.74) is 2.67. The topological polar surface area (TPSA) is 58.6 Å². The SMILES string of the molecule is CCCCc1nnc(C(=O)N2CCC(CN(C)C)C(F)(F)C2)cc1-c1ccc(OC2CCCCC2)cc1.Cl.Cl. The van der Waals surface area contributed by atoms with Gasteiger partial charge in [-0.15, -0.1) is 29.9 Å². The van der Waals surface area contributed by atoms with Crippen molar-refractivity contribution in [3.63, 3.8) is 0 Å². The first kappa shape index (κ1) is 33.2. The average Bonchev–Trinajstić information content (AvgIpc) is 2.89. The maximum atomic E-state index is 14.8. The number of halogens is 4. The summed E-state index contributed by atoms with van der Waals surface area (Å²) in [5.74, 6) is -3.36. The van der Waals surface area contributed by atoms with Crippen LogP contribution >= 0.6 is 24.8 Å². The third-order valence-electron chi connectivity index (χ3n) is 7.50. The van der Waals surface area contributed by atoms with Gasteiger partial charge in [0, 0.05) is 24.6 Å². The molecular formula is C29H42Cl2F2N4O2. The monoisotopic (exact) mass is 586 g/mol. The Morgan fingerprint density at radius 2 is 1.77 bits per heavy atom. The van der Waals surface area contributed by atoms with Gasteiger partial charge in [0.25, 0.3) is 11.8 Å². The van der Waals surface area contributed by atoms with Gasteiger partial charge in [0.05, 0.1) is 18.3 Å². The van der Waals surface area contributed by atoms with E-state index >= 15 is 0 Å². The second-order valence-electron chi connectivity index (χ2n) is 10.8. The molecule has 1 atom stereocenters. The highest BCUT2D eigenvalue weighted by molar-refractivity contribution is 5.93. The first-order valence-corrected chi connectivity index (χ1v) is 13.7. The molecule has 2 aromatic rings. The lowest BCUT2D eigenvalue weighted by molar-refractivity contribution is -0.107. The molecule has 39 heavy (non-hydrogen) atoms. The van der Waals surface area contributed by atoms with Gasteiger partial charge in [0.15, 0.2) is 5.69 Å². The van der Waals surface area contributed by atoms with Crippen LogP contribution in [0.3, 0.4) is 0 Å². The molecule has 1 amide bonds. The van der Waals surface area contributed by atoms with Gasteiger partial charge in [-0.3, -0.25) is 4.79 Å². The average molecular weight is 588 g/mol. The minimum absolute atomic E-state index is 0. The molecule has 1 unspecified atom stereocenters. The number of piperidine rings is 1. The van der Waals surface area contributed by atoms with Crippen LogP contribution in [-0.2, 0) is 6.42 Å². The quantitative estimate of drug-likeness (QED) is 0.327. The highest BCUT2D eigenvalue weighted by Crippen LogP contribution is 2.34. The Morgan fingerprint density at radius 3 is 2.38 bits per heavy atom. The fraction of sp³-hybridized carbons (Fsp3) is 0.621. The summed E-state index contributed by atoms with van der Waals surface area (Å²) in [5, 5.41) is 8.58. The molecule has 0 bridgehead atoms. The van der Waals surface area contributed by atoms with Crippen LogP contribution in [0.1, 0.15) is 74.5 Å². The molecule has 0 radical (unpaired) electrons. The number of aromatic nitrogens is 2. The molecule has 0 N–H and O–H groups in total. The third kappa shape index (κ3) is 8.73. The highest BCUT2D eigenvalue weighted by Gasteiger charge is 2.46. The minimum atomic E-state index is -2.94. The van der Waals surface area contributed by atoms with Gasteiger partial charge >= 0.3 is 0 Å². The number of likely N-dealkylation sites (tertiary alicyclic amines) is 1.